The number of anilines is 1. The van der Waals surface area contributed by atoms with Crippen LogP contribution in [-0.2, 0) is 0 Å². The molecule has 1 amide bonds. The van der Waals surface area contributed by atoms with Gasteiger partial charge in [0.2, 0.25) is 0 Å². The van der Waals surface area contributed by atoms with Crippen LogP contribution in [0.3, 0.4) is 0 Å². The number of primary amides is 1. The molecule has 19 heavy (non-hydrogen) atoms. The van der Waals surface area contributed by atoms with Crippen LogP contribution in [-0.4, -0.2) is 59.4 Å². The number of rotatable bonds is 2. The maximum absolute atomic E-state index is 11.1. The molecule has 1 unspecified atom stereocenters. The Balaban J connectivity index is 2.29. The molecule has 7 nitrogen and oxygen atoms in total. The lowest BCUT2D eigenvalue weighted by Crippen LogP contribution is -2.32. The van der Waals surface area contributed by atoms with Crippen molar-refractivity contribution < 1.29 is 4.79 Å². The third kappa shape index (κ3) is 2.99. The van der Waals surface area contributed by atoms with Crippen molar-refractivity contribution in [2.24, 2.45) is 5.73 Å². The molecule has 1 aliphatic heterocycles. The summed E-state index contributed by atoms with van der Waals surface area (Å²) in [5.41, 5.74) is 11.1. The number of nitrogens with two attached hydrogens (primary N) is 2. The van der Waals surface area contributed by atoms with E-state index in [4.69, 9.17) is 11.5 Å². The molecule has 1 fully saturated rings. The summed E-state index contributed by atoms with van der Waals surface area (Å²) in [6, 6.07) is 0.0803. The molecule has 0 aromatic carbocycles. The molecular formula is C12H20N6O. The van der Waals surface area contributed by atoms with Gasteiger partial charge in [0.25, 0.3) is 5.91 Å². The van der Waals surface area contributed by atoms with E-state index in [2.05, 4.69) is 26.8 Å². The maximum Gasteiger partial charge on any atom is 0.254 e. The Morgan fingerprint density at radius 3 is 2.79 bits per heavy atom. The smallest absolute Gasteiger partial charge is 0.254 e. The molecule has 1 aliphatic rings. The number of likely N-dealkylation sites (N-methyl/N-ethyl adjacent to an activating group) is 2. The van der Waals surface area contributed by atoms with Crippen LogP contribution in [0, 0.1) is 0 Å². The van der Waals surface area contributed by atoms with Crippen molar-refractivity contribution in [1.29, 1.82) is 0 Å². The zero-order chi connectivity index (χ0) is 14.0. The van der Waals surface area contributed by atoms with Gasteiger partial charge in [0.05, 0.1) is 11.6 Å². The highest BCUT2D eigenvalue weighted by Crippen LogP contribution is 2.21. The summed E-state index contributed by atoms with van der Waals surface area (Å²) < 4.78 is 0. The van der Waals surface area contributed by atoms with Crippen molar-refractivity contribution in [2.75, 3.05) is 39.5 Å². The maximum atomic E-state index is 11.1. The first-order valence-electron chi connectivity index (χ1n) is 6.30. The second-order valence-electron chi connectivity index (χ2n) is 5.00. The van der Waals surface area contributed by atoms with Gasteiger partial charge in [-0.2, -0.15) is 0 Å². The molecule has 4 N–H and O–H groups in total. The third-order valence-electron chi connectivity index (χ3n) is 3.47. The van der Waals surface area contributed by atoms with Crippen LogP contribution < -0.4 is 11.5 Å². The minimum atomic E-state index is -0.601. The normalized spacial score (nSPS) is 22.1. The largest absolute Gasteiger partial charge is 0.383 e. The van der Waals surface area contributed by atoms with Crippen molar-refractivity contribution >= 4 is 11.7 Å². The van der Waals surface area contributed by atoms with Crippen molar-refractivity contribution in [1.82, 2.24) is 19.8 Å². The molecule has 0 spiro atoms. The Kier molecular flexibility index (Phi) is 3.96. The molecule has 0 radical (unpaired) electrons. The molecule has 2 heterocycles. The van der Waals surface area contributed by atoms with E-state index in [0.29, 0.717) is 5.82 Å². The first-order chi connectivity index (χ1) is 8.99. The van der Waals surface area contributed by atoms with Gasteiger partial charge in [-0.1, -0.05) is 0 Å². The zero-order valence-electron chi connectivity index (χ0n) is 11.3. The lowest BCUT2D eigenvalue weighted by molar-refractivity contribution is 0.100. The van der Waals surface area contributed by atoms with Crippen molar-refractivity contribution in [2.45, 2.75) is 12.5 Å². The molecule has 0 bridgehead atoms. The highest BCUT2D eigenvalue weighted by molar-refractivity contribution is 5.96. The molecule has 0 saturated carbocycles. The van der Waals surface area contributed by atoms with Crippen molar-refractivity contribution in [3.8, 4) is 0 Å². The molecule has 1 atom stereocenters. The SMILES string of the molecule is CN1CCCN(C)C(c2ncc(C(N)=O)c(N)n2)C1. The van der Waals surface area contributed by atoms with E-state index in [1.807, 2.05) is 7.05 Å². The second-order valence-corrected chi connectivity index (χ2v) is 5.00. The van der Waals surface area contributed by atoms with Crippen LogP contribution in [0.1, 0.15) is 28.6 Å². The van der Waals surface area contributed by atoms with E-state index in [1.54, 1.807) is 0 Å². The lowest BCUT2D eigenvalue weighted by atomic mass is 10.2. The Morgan fingerprint density at radius 2 is 2.16 bits per heavy atom. The number of nitrogen functional groups attached to an aromatic ring is 1. The monoisotopic (exact) mass is 264 g/mol. The first-order valence-corrected chi connectivity index (χ1v) is 6.30. The van der Waals surface area contributed by atoms with Gasteiger partial charge >= 0.3 is 0 Å². The van der Waals surface area contributed by atoms with Crippen LogP contribution >= 0.6 is 0 Å². The van der Waals surface area contributed by atoms with E-state index in [9.17, 15) is 4.79 Å². The average molecular weight is 264 g/mol. The average Bonchev–Trinajstić information content (AvgIpc) is 2.50. The number of hydrogen-bond donors (Lipinski definition) is 2. The summed E-state index contributed by atoms with van der Waals surface area (Å²) in [5.74, 6) is 0.187. The van der Waals surface area contributed by atoms with Crippen LogP contribution in [0.5, 0.6) is 0 Å². The Bertz CT molecular complexity index is 477. The molecule has 104 valence electrons. The van der Waals surface area contributed by atoms with Crippen LogP contribution in [0.15, 0.2) is 6.20 Å². The van der Waals surface area contributed by atoms with Gasteiger partial charge in [-0.3, -0.25) is 9.69 Å². The Labute approximate surface area is 112 Å². The molecule has 1 saturated heterocycles. The number of carbonyl (C=O) groups is 1. The summed E-state index contributed by atoms with van der Waals surface area (Å²) in [4.78, 5) is 24.1. The van der Waals surface area contributed by atoms with Gasteiger partial charge in [0, 0.05) is 12.7 Å². The van der Waals surface area contributed by atoms with Gasteiger partial charge < -0.3 is 16.4 Å². The van der Waals surface area contributed by atoms with Gasteiger partial charge in [-0.05, 0) is 33.6 Å². The first kappa shape index (κ1) is 13.7. The number of amides is 1. The Hall–Kier alpha value is -1.73. The molecule has 7 heteroatoms. The van der Waals surface area contributed by atoms with Gasteiger partial charge in [0.15, 0.2) is 0 Å². The second kappa shape index (κ2) is 5.50. The third-order valence-corrected chi connectivity index (χ3v) is 3.47. The van der Waals surface area contributed by atoms with E-state index >= 15 is 0 Å². The predicted molar refractivity (Wildman–Crippen MR) is 72.4 cm³/mol. The molecule has 1 aromatic rings. The zero-order valence-corrected chi connectivity index (χ0v) is 11.3. The lowest BCUT2D eigenvalue weighted by Gasteiger charge is -2.26. The van der Waals surface area contributed by atoms with E-state index < -0.39 is 5.91 Å². The van der Waals surface area contributed by atoms with Gasteiger partial charge in [-0.15, -0.1) is 0 Å². The van der Waals surface area contributed by atoms with Gasteiger partial charge in [-0.25, -0.2) is 9.97 Å². The predicted octanol–water partition coefficient (Wildman–Crippen LogP) is -0.534. The molecule has 0 aliphatic carbocycles. The highest BCUT2D eigenvalue weighted by atomic mass is 16.1. The number of nitrogens with zero attached hydrogens (tertiary/aromatic N) is 4. The van der Waals surface area contributed by atoms with Crippen LogP contribution in [0.4, 0.5) is 5.82 Å². The summed E-state index contributed by atoms with van der Waals surface area (Å²) in [6.45, 7) is 2.87. The quantitative estimate of drug-likeness (QED) is 0.744. The van der Waals surface area contributed by atoms with Gasteiger partial charge in [0.1, 0.15) is 11.6 Å². The fourth-order valence-corrected chi connectivity index (χ4v) is 2.31. The fourth-order valence-electron chi connectivity index (χ4n) is 2.31. The summed E-state index contributed by atoms with van der Waals surface area (Å²) in [7, 11) is 4.12. The van der Waals surface area contributed by atoms with Crippen molar-refractivity contribution in [3.63, 3.8) is 0 Å². The van der Waals surface area contributed by atoms with Crippen LogP contribution in [0.25, 0.3) is 0 Å². The molecule has 2 rings (SSSR count). The van der Waals surface area contributed by atoms with E-state index in [1.165, 1.54) is 6.20 Å². The molecule has 1 aromatic heterocycles. The summed E-state index contributed by atoms with van der Waals surface area (Å²) >= 11 is 0. The molecular weight excluding hydrogens is 244 g/mol. The van der Waals surface area contributed by atoms with Crippen LogP contribution in [0.2, 0.25) is 0 Å². The summed E-state index contributed by atoms with van der Waals surface area (Å²) in [6.07, 6.45) is 2.52. The van der Waals surface area contributed by atoms with E-state index in [-0.39, 0.29) is 17.4 Å². The fraction of sp³-hybridized carbons (Fsp3) is 0.583. The topological polar surface area (TPSA) is 101 Å². The van der Waals surface area contributed by atoms with E-state index in [0.717, 1.165) is 26.1 Å². The standard InChI is InChI=1S/C12H20N6O/c1-17-4-3-5-18(2)9(7-17)12-15-6-8(11(14)19)10(13)16-12/h6,9H,3-5,7H2,1-2H3,(H2,14,19)(H2,13,15,16). The number of aromatic nitrogens is 2. The Morgan fingerprint density at radius 1 is 1.42 bits per heavy atom. The number of hydrogen-bond acceptors (Lipinski definition) is 6. The van der Waals surface area contributed by atoms with Crippen molar-refractivity contribution in [3.05, 3.63) is 17.6 Å². The highest BCUT2D eigenvalue weighted by Gasteiger charge is 2.25. The minimum Gasteiger partial charge on any atom is -0.383 e. The number of carbonyl (C=O) groups excluding carboxylic acids is 1. The summed E-state index contributed by atoms with van der Waals surface area (Å²) in [5, 5.41) is 0. The minimum absolute atomic E-state index is 0.0803.